The molecule has 1 saturated heterocycles. The summed E-state index contributed by atoms with van der Waals surface area (Å²) in [4.78, 5) is 27.0. The maximum atomic E-state index is 12.2. The van der Waals surface area contributed by atoms with Crippen molar-refractivity contribution in [1.29, 1.82) is 0 Å². The highest BCUT2D eigenvalue weighted by Gasteiger charge is 2.28. The van der Waals surface area contributed by atoms with E-state index in [1.807, 2.05) is 11.8 Å². The Balaban J connectivity index is 2.47. The number of piperazine rings is 1. The van der Waals surface area contributed by atoms with Crippen molar-refractivity contribution in [2.75, 3.05) is 32.8 Å². The molecule has 2 atom stereocenters. The molecule has 0 saturated carbocycles. The van der Waals surface area contributed by atoms with Crippen molar-refractivity contribution in [2.24, 2.45) is 11.8 Å². The van der Waals surface area contributed by atoms with Crippen LogP contribution in [0.3, 0.4) is 0 Å². The second-order valence-electron chi connectivity index (χ2n) is 5.04. The monoisotopic (exact) mass is 256 g/mol. The van der Waals surface area contributed by atoms with Crippen LogP contribution in [0.25, 0.3) is 0 Å². The molecule has 0 spiro atoms. The number of rotatable bonds is 4. The van der Waals surface area contributed by atoms with Gasteiger partial charge in [-0.1, -0.05) is 27.2 Å². The van der Waals surface area contributed by atoms with Gasteiger partial charge in [0, 0.05) is 32.1 Å². The minimum atomic E-state index is -0.447. The van der Waals surface area contributed by atoms with Crippen molar-refractivity contribution in [1.82, 2.24) is 9.80 Å². The van der Waals surface area contributed by atoms with Gasteiger partial charge in [0.25, 0.3) is 0 Å². The van der Waals surface area contributed by atoms with Gasteiger partial charge in [-0.05, 0) is 5.92 Å². The Morgan fingerprint density at radius 3 is 2.06 bits per heavy atom. The van der Waals surface area contributed by atoms with Crippen molar-refractivity contribution in [3.05, 3.63) is 0 Å². The first-order valence-corrected chi connectivity index (χ1v) is 6.68. The van der Waals surface area contributed by atoms with Crippen LogP contribution >= 0.6 is 0 Å². The molecule has 1 aliphatic heterocycles. The maximum absolute atomic E-state index is 12.2. The summed E-state index contributed by atoms with van der Waals surface area (Å²) >= 11 is 0. The molecule has 1 fully saturated rings. The molecule has 5 heteroatoms. The predicted octanol–water partition coefficient (Wildman–Crippen LogP) is 0.332. The third kappa shape index (κ3) is 3.45. The first kappa shape index (κ1) is 15.0. The zero-order chi connectivity index (χ0) is 13.7. The standard InChI is InChI=1S/C13H24N2O3/c1-4-10(2)11(3)13(18)15-7-5-14(6-8-15)12(17)9-16/h10-11,16H,4-9H2,1-3H3. The molecule has 0 aromatic rings. The zero-order valence-electron chi connectivity index (χ0n) is 11.6. The van der Waals surface area contributed by atoms with Gasteiger partial charge in [0.1, 0.15) is 6.61 Å². The third-order valence-electron chi connectivity index (χ3n) is 3.97. The number of hydrogen-bond donors (Lipinski definition) is 1. The van der Waals surface area contributed by atoms with Gasteiger partial charge < -0.3 is 14.9 Å². The predicted molar refractivity (Wildman–Crippen MR) is 68.9 cm³/mol. The van der Waals surface area contributed by atoms with Gasteiger partial charge in [0.05, 0.1) is 0 Å². The topological polar surface area (TPSA) is 60.9 Å². The lowest BCUT2D eigenvalue weighted by Gasteiger charge is -2.36. The van der Waals surface area contributed by atoms with Crippen LogP contribution in [0.1, 0.15) is 27.2 Å². The van der Waals surface area contributed by atoms with E-state index in [1.165, 1.54) is 0 Å². The minimum absolute atomic E-state index is 0.0371. The summed E-state index contributed by atoms with van der Waals surface area (Å²) in [6.45, 7) is 7.91. The lowest BCUT2D eigenvalue weighted by atomic mass is 9.92. The highest BCUT2D eigenvalue weighted by Crippen LogP contribution is 2.18. The van der Waals surface area contributed by atoms with E-state index in [1.54, 1.807) is 4.90 Å². The second-order valence-corrected chi connectivity index (χ2v) is 5.04. The maximum Gasteiger partial charge on any atom is 0.248 e. The summed E-state index contributed by atoms with van der Waals surface area (Å²) in [5.41, 5.74) is 0. The van der Waals surface area contributed by atoms with Gasteiger partial charge in [-0.2, -0.15) is 0 Å². The Bertz CT molecular complexity index is 299. The van der Waals surface area contributed by atoms with Crippen molar-refractivity contribution < 1.29 is 14.7 Å². The van der Waals surface area contributed by atoms with E-state index in [-0.39, 0.29) is 17.7 Å². The Kier molecular flexibility index (Phi) is 5.59. The average Bonchev–Trinajstić information content (AvgIpc) is 2.44. The summed E-state index contributed by atoms with van der Waals surface area (Å²) < 4.78 is 0. The van der Waals surface area contributed by atoms with Gasteiger partial charge in [0.15, 0.2) is 0 Å². The van der Waals surface area contributed by atoms with Crippen LogP contribution < -0.4 is 0 Å². The second kappa shape index (κ2) is 6.73. The summed E-state index contributed by atoms with van der Waals surface area (Å²) in [7, 11) is 0. The number of amides is 2. The molecule has 1 aliphatic rings. The number of hydrogen-bond acceptors (Lipinski definition) is 3. The largest absolute Gasteiger partial charge is 0.387 e. The van der Waals surface area contributed by atoms with E-state index in [9.17, 15) is 9.59 Å². The number of carbonyl (C=O) groups is 2. The smallest absolute Gasteiger partial charge is 0.248 e. The third-order valence-corrected chi connectivity index (χ3v) is 3.97. The van der Waals surface area contributed by atoms with Crippen LogP contribution in [0.5, 0.6) is 0 Å². The van der Waals surface area contributed by atoms with Crippen LogP contribution in [0, 0.1) is 11.8 Å². The van der Waals surface area contributed by atoms with Gasteiger partial charge in [-0.3, -0.25) is 9.59 Å². The molecule has 0 aliphatic carbocycles. The Morgan fingerprint density at radius 2 is 1.61 bits per heavy atom. The molecule has 0 bridgehead atoms. The molecular weight excluding hydrogens is 232 g/mol. The summed E-state index contributed by atoms with van der Waals surface area (Å²) in [6.07, 6.45) is 0.996. The lowest BCUT2D eigenvalue weighted by molar-refractivity contribution is -0.144. The number of nitrogens with zero attached hydrogens (tertiary/aromatic N) is 2. The SMILES string of the molecule is CCC(C)C(C)C(=O)N1CCN(C(=O)CO)CC1. The number of carbonyl (C=O) groups excluding carboxylic acids is 2. The molecular formula is C13H24N2O3. The lowest BCUT2D eigenvalue weighted by Crippen LogP contribution is -2.52. The fraction of sp³-hybridized carbons (Fsp3) is 0.846. The Morgan fingerprint density at radius 1 is 1.11 bits per heavy atom. The van der Waals surface area contributed by atoms with Gasteiger partial charge in [0.2, 0.25) is 11.8 Å². The van der Waals surface area contributed by atoms with Gasteiger partial charge in [-0.25, -0.2) is 0 Å². The highest BCUT2D eigenvalue weighted by molar-refractivity contribution is 5.80. The van der Waals surface area contributed by atoms with E-state index in [0.717, 1.165) is 6.42 Å². The molecule has 0 aromatic heterocycles. The van der Waals surface area contributed by atoms with E-state index in [4.69, 9.17) is 5.11 Å². The molecule has 18 heavy (non-hydrogen) atoms. The molecule has 0 radical (unpaired) electrons. The zero-order valence-corrected chi connectivity index (χ0v) is 11.6. The van der Waals surface area contributed by atoms with Gasteiger partial charge in [-0.15, -0.1) is 0 Å². The molecule has 1 heterocycles. The van der Waals surface area contributed by atoms with Crippen LogP contribution in [0.15, 0.2) is 0 Å². The quantitative estimate of drug-likeness (QED) is 0.788. The molecule has 1 N–H and O–H groups in total. The first-order valence-electron chi connectivity index (χ1n) is 6.68. The fourth-order valence-electron chi connectivity index (χ4n) is 2.16. The normalized spacial score (nSPS) is 19.6. The van der Waals surface area contributed by atoms with Crippen LogP contribution in [-0.2, 0) is 9.59 Å². The average molecular weight is 256 g/mol. The van der Waals surface area contributed by atoms with Crippen molar-refractivity contribution in [3.63, 3.8) is 0 Å². The summed E-state index contributed by atoms with van der Waals surface area (Å²) in [5.74, 6) is 0.349. The molecule has 2 amide bonds. The molecule has 0 aromatic carbocycles. The van der Waals surface area contributed by atoms with E-state index in [0.29, 0.717) is 32.1 Å². The van der Waals surface area contributed by atoms with Crippen molar-refractivity contribution in [2.45, 2.75) is 27.2 Å². The van der Waals surface area contributed by atoms with Crippen molar-refractivity contribution >= 4 is 11.8 Å². The van der Waals surface area contributed by atoms with Crippen LogP contribution in [0.2, 0.25) is 0 Å². The molecule has 2 unspecified atom stereocenters. The summed E-state index contributed by atoms with van der Waals surface area (Å²) in [5, 5.41) is 8.78. The van der Waals surface area contributed by atoms with E-state index < -0.39 is 6.61 Å². The van der Waals surface area contributed by atoms with Crippen LogP contribution in [0.4, 0.5) is 0 Å². The van der Waals surface area contributed by atoms with E-state index in [2.05, 4.69) is 13.8 Å². The Hall–Kier alpha value is -1.10. The van der Waals surface area contributed by atoms with E-state index >= 15 is 0 Å². The van der Waals surface area contributed by atoms with Crippen molar-refractivity contribution in [3.8, 4) is 0 Å². The van der Waals surface area contributed by atoms with Gasteiger partial charge >= 0.3 is 0 Å². The molecule has 1 rings (SSSR count). The van der Waals surface area contributed by atoms with Crippen LogP contribution in [-0.4, -0.2) is 59.5 Å². The fourth-order valence-corrected chi connectivity index (χ4v) is 2.16. The molecule has 5 nitrogen and oxygen atoms in total. The molecule has 104 valence electrons. The number of aliphatic hydroxyl groups is 1. The first-order chi connectivity index (χ1) is 8.51. The highest BCUT2D eigenvalue weighted by atomic mass is 16.3. The summed E-state index contributed by atoms with van der Waals surface area (Å²) in [6, 6.07) is 0. The number of aliphatic hydroxyl groups excluding tert-OH is 1. The minimum Gasteiger partial charge on any atom is -0.387 e. The Labute approximate surface area is 109 Å².